The minimum atomic E-state index is 0.304. The van der Waals surface area contributed by atoms with Crippen LogP contribution in [-0.2, 0) is 11.2 Å². The molecule has 0 saturated carbocycles. The van der Waals surface area contributed by atoms with Crippen molar-refractivity contribution in [1.82, 2.24) is 5.32 Å². The van der Waals surface area contributed by atoms with Gasteiger partial charge in [0, 0.05) is 24.6 Å². The van der Waals surface area contributed by atoms with Gasteiger partial charge in [-0.3, -0.25) is 0 Å². The third-order valence-electron chi connectivity index (χ3n) is 4.65. The summed E-state index contributed by atoms with van der Waals surface area (Å²) in [7, 11) is 0. The molecule has 112 valence electrons. The maximum absolute atomic E-state index is 5.91. The number of nitrogens with one attached hydrogen (secondary N) is 1. The Hall–Kier alpha value is -0.800. The van der Waals surface area contributed by atoms with Crippen LogP contribution >= 0.6 is 0 Å². The number of aryl methyl sites for hydroxylation is 1. The summed E-state index contributed by atoms with van der Waals surface area (Å²) in [5.74, 6) is 2.21. The van der Waals surface area contributed by atoms with Crippen molar-refractivity contribution in [3.05, 3.63) is 23.2 Å². The number of fused-ring (bicyclic) bond motifs is 1. The van der Waals surface area contributed by atoms with Crippen molar-refractivity contribution in [2.45, 2.75) is 71.6 Å². The molecule has 3 rings (SSSR count). The molecule has 0 aromatic carbocycles. The zero-order valence-corrected chi connectivity index (χ0v) is 13.2. The molecule has 0 radical (unpaired) electrons. The third kappa shape index (κ3) is 2.94. The molecule has 3 unspecified atom stereocenters. The number of ether oxygens (including phenoxy) is 1. The van der Waals surface area contributed by atoms with Crippen molar-refractivity contribution in [3.63, 3.8) is 0 Å². The van der Waals surface area contributed by atoms with E-state index in [1.807, 2.05) is 6.92 Å². The van der Waals surface area contributed by atoms with Crippen molar-refractivity contribution in [1.29, 1.82) is 0 Å². The molecule has 2 heterocycles. The van der Waals surface area contributed by atoms with Gasteiger partial charge in [-0.1, -0.05) is 13.8 Å². The van der Waals surface area contributed by atoms with Gasteiger partial charge in [0.2, 0.25) is 0 Å². The molecule has 3 atom stereocenters. The van der Waals surface area contributed by atoms with Crippen LogP contribution in [0.25, 0.3) is 0 Å². The Balaban J connectivity index is 1.69. The fourth-order valence-corrected chi connectivity index (χ4v) is 3.68. The molecule has 1 aromatic rings. The average molecular weight is 277 g/mol. The van der Waals surface area contributed by atoms with Crippen molar-refractivity contribution < 1.29 is 9.15 Å². The Kier molecular flexibility index (Phi) is 3.67. The number of furan rings is 1. The lowest BCUT2D eigenvalue weighted by molar-refractivity contribution is 0.0525. The zero-order valence-electron chi connectivity index (χ0n) is 13.2. The molecule has 1 saturated heterocycles. The summed E-state index contributed by atoms with van der Waals surface area (Å²) in [6, 6.07) is 2.62. The summed E-state index contributed by atoms with van der Waals surface area (Å²) < 4.78 is 11.8. The molecule has 20 heavy (non-hydrogen) atoms. The molecular formula is C17H27NO2. The maximum Gasteiger partial charge on any atom is 0.109 e. The van der Waals surface area contributed by atoms with E-state index in [2.05, 4.69) is 32.2 Å². The average Bonchev–Trinajstić information content (AvgIpc) is 2.90. The van der Waals surface area contributed by atoms with Gasteiger partial charge in [0.1, 0.15) is 11.5 Å². The Bertz CT molecular complexity index is 477. The molecule has 3 heteroatoms. The Morgan fingerprint density at radius 1 is 1.35 bits per heavy atom. The molecule has 3 nitrogen and oxygen atoms in total. The van der Waals surface area contributed by atoms with Crippen LogP contribution in [0.15, 0.2) is 10.5 Å². The van der Waals surface area contributed by atoms with E-state index in [1.165, 1.54) is 30.6 Å². The van der Waals surface area contributed by atoms with Crippen molar-refractivity contribution in [2.75, 3.05) is 6.54 Å². The van der Waals surface area contributed by atoms with Gasteiger partial charge >= 0.3 is 0 Å². The highest BCUT2D eigenvalue weighted by atomic mass is 16.5. The Morgan fingerprint density at radius 2 is 2.15 bits per heavy atom. The first-order valence-electron chi connectivity index (χ1n) is 7.91. The zero-order chi connectivity index (χ0) is 14.3. The van der Waals surface area contributed by atoms with E-state index in [0.29, 0.717) is 23.7 Å². The van der Waals surface area contributed by atoms with Gasteiger partial charge in [0.25, 0.3) is 0 Å². The molecule has 0 bridgehead atoms. The molecular weight excluding hydrogens is 250 g/mol. The maximum atomic E-state index is 5.91. The second-order valence-electron chi connectivity index (χ2n) is 7.39. The van der Waals surface area contributed by atoms with E-state index >= 15 is 0 Å². The van der Waals surface area contributed by atoms with Gasteiger partial charge < -0.3 is 14.5 Å². The van der Waals surface area contributed by atoms with Crippen LogP contribution in [0.1, 0.15) is 63.2 Å². The monoisotopic (exact) mass is 277 g/mol. The van der Waals surface area contributed by atoms with E-state index in [4.69, 9.17) is 9.15 Å². The molecule has 1 aliphatic heterocycles. The molecule has 1 fully saturated rings. The van der Waals surface area contributed by atoms with Crippen LogP contribution in [0.3, 0.4) is 0 Å². The molecule has 2 aliphatic rings. The fraction of sp³-hybridized carbons (Fsp3) is 0.765. The first-order chi connectivity index (χ1) is 9.43. The second-order valence-corrected chi connectivity index (χ2v) is 7.39. The van der Waals surface area contributed by atoms with Gasteiger partial charge in [-0.05, 0) is 44.6 Å². The lowest BCUT2D eigenvalue weighted by Crippen LogP contribution is -2.36. The molecule has 1 N–H and O–H groups in total. The van der Waals surface area contributed by atoms with Crippen LogP contribution in [0.4, 0.5) is 0 Å². The van der Waals surface area contributed by atoms with Crippen molar-refractivity contribution >= 4 is 0 Å². The predicted molar refractivity (Wildman–Crippen MR) is 79.9 cm³/mol. The van der Waals surface area contributed by atoms with Gasteiger partial charge in [0.15, 0.2) is 0 Å². The normalized spacial score (nSPS) is 32.3. The van der Waals surface area contributed by atoms with E-state index in [1.54, 1.807) is 0 Å². The minimum Gasteiger partial charge on any atom is -0.466 e. The van der Waals surface area contributed by atoms with Crippen molar-refractivity contribution in [3.8, 4) is 0 Å². The second kappa shape index (κ2) is 5.19. The van der Waals surface area contributed by atoms with Crippen LogP contribution < -0.4 is 5.32 Å². The van der Waals surface area contributed by atoms with Crippen LogP contribution in [-0.4, -0.2) is 18.8 Å². The van der Waals surface area contributed by atoms with E-state index in [0.717, 1.165) is 18.7 Å². The number of hydrogen-bond donors (Lipinski definition) is 1. The molecule has 1 aromatic heterocycles. The molecule has 0 spiro atoms. The summed E-state index contributed by atoms with van der Waals surface area (Å²) >= 11 is 0. The smallest absolute Gasteiger partial charge is 0.109 e. The summed E-state index contributed by atoms with van der Waals surface area (Å²) in [6.07, 6.45) is 5.40. The first kappa shape index (κ1) is 14.2. The van der Waals surface area contributed by atoms with Gasteiger partial charge in [-0.25, -0.2) is 0 Å². The molecule has 1 aliphatic carbocycles. The number of hydrogen-bond acceptors (Lipinski definition) is 3. The Morgan fingerprint density at radius 3 is 2.85 bits per heavy atom. The SMILES string of the molecule is Cc1cc2c(o1)CC(C)(C)CC2NCC1CCC(C)O1. The van der Waals surface area contributed by atoms with Crippen LogP contribution in [0.2, 0.25) is 0 Å². The Labute approximate surface area is 122 Å². The lowest BCUT2D eigenvalue weighted by atomic mass is 9.74. The minimum absolute atomic E-state index is 0.304. The largest absolute Gasteiger partial charge is 0.466 e. The predicted octanol–water partition coefficient (Wildman–Crippen LogP) is 3.76. The van der Waals surface area contributed by atoms with Gasteiger partial charge in [0.05, 0.1) is 12.2 Å². The summed E-state index contributed by atoms with van der Waals surface area (Å²) in [5, 5.41) is 3.72. The summed E-state index contributed by atoms with van der Waals surface area (Å²) in [5.41, 5.74) is 1.67. The first-order valence-corrected chi connectivity index (χ1v) is 7.91. The van der Waals surface area contributed by atoms with Crippen molar-refractivity contribution in [2.24, 2.45) is 5.41 Å². The highest BCUT2D eigenvalue weighted by Gasteiger charge is 2.35. The van der Waals surface area contributed by atoms with Gasteiger partial charge in [-0.2, -0.15) is 0 Å². The lowest BCUT2D eigenvalue weighted by Gasteiger charge is -2.35. The topological polar surface area (TPSA) is 34.4 Å². The van der Waals surface area contributed by atoms with Crippen LogP contribution in [0, 0.1) is 12.3 Å². The highest BCUT2D eigenvalue weighted by molar-refractivity contribution is 5.29. The summed E-state index contributed by atoms with van der Waals surface area (Å²) in [4.78, 5) is 0. The van der Waals surface area contributed by atoms with Gasteiger partial charge in [-0.15, -0.1) is 0 Å². The van der Waals surface area contributed by atoms with E-state index < -0.39 is 0 Å². The molecule has 0 amide bonds. The third-order valence-corrected chi connectivity index (χ3v) is 4.65. The quantitative estimate of drug-likeness (QED) is 0.913. The fourth-order valence-electron chi connectivity index (χ4n) is 3.68. The van der Waals surface area contributed by atoms with E-state index in [-0.39, 0.29) is 0 Å². The standard InChI is InChI=1S/C17H27NO2/c1-11-5-6-13(19-11)10-18-15-8-17(3,4)9-16-14(15)7-12(2)20-16/h7,11,13,15,18H,5-6,8-10H2,1-4H3. The van der Waals surface area contributed by atoms with Crippen LogP contribution in [0.5, 0.6) is 0 Å². The van der Waals surface area contributed by atoms with E-state index in [9.17, 15) is 0 Å². The number of rotatable bonds is 3. The summed E-state index contributed by atoms with van der Waals surface area (Å²) in [6.45, 7) is 9.83. The highest BCUT2D eigenvalue weighted by Crippen LogP contribution is 2.42.